The van der Waals surface area contributed by atoms with Gasteiger partial charge in [-0.1, -0.05) is 50.7 Å². The summed E-state index contributed by atoms with van der Waals surface area (Å²) >= 11 is 0. The number of carbonyl (C=O) groups excluding carboxylic acids is 1. The summed E-state index contributed by atoms with van der Waals surface area (Å²) in [7, 11) is 0. The fourth-order valence-corrected chi connectivity index (χ4v) is 4.40. The first kappa shape index (κ1) is 18.3. The maximum absolute atomic E-state index is 13.4. The van der Waals surface area contributed by atoms with E-state index in [1.165, 1.54) is 18.2 Å². The number of alkyl halides is 3. The van der Waals surface area contributed by atoms with Gasteiger partial charge in [0.15, 0.2) is 0 Å². The Balaban J connectivity index is 1.94. The van der Waals surface area contributed by atoms with Crippen LogP contribution in [0.5, 0.6) is 0 Å². The molecule has 2 fully saturated rings. The van der Waals surface area contributed by atoms with Gasteiger partial charge in [-0.15, -0.1) is 0 Å². The molecule has 1 aromatic rings. The molecular formula is C20H26F3NO. The highest BCUT2D eigenvalue weighted by atomic mass is 19.4. The molecule has 138 valence electrons. The predicted octanol–water partition coefficient (Wildman–Crippen LogP) is 5.81. The predicted molar refractivity (Wildman–Crippen MR) is 91.4 cm³/mol. The summed E-state index contributed by atoms with van der Waals surface area (Å²) in [6.45, 7) is 0. The van der Waals surface area contributed by atoms with Crippen molar-refractivity contribution in [1.29, 1.82) is 0 Å². The largest absolute Gasteiger partial charge is 0.417 e. The van der Waals surface area contributed by atoms with Crippen LogP contribution in [0.25, 0.3) is 0 Å². The van der Waals surface area contributed by atoms with Crippen LogP contribution >= 0.6 is 0 Å². The summed E-state index contributed by atoms with van der Waals surface area (Å²) in [6, 6.07) is 5.42. The average molecular weight is 353 g/mol. The van der Waals surface area contributed by atoms with Gasteiger partial charge in [-0.2, -0.15) is 13.2 Å². The first-order valence-electron chi connectivity index (χ1n) is 9.47. The summed E-state index contributed by atoms with van der Waals surface area (Å²) in [5.74, 6) is -0.424. The standard InChI is InChI=1S/C20H26F3NO/c21-20(22,23)18-14-8-7-13-17(18)19(25)24(15-9-3-1-4-10-15)16-11-5-2-6-12-16/h7-8,13-16H,1-6,9-12H2. The molecule has 0 heterocycles. The zero-order valence-corrected chi connectivity index (χ0v) is 14.5. The summed E-state index contributed by atoms with van der Waals surface area (Å²) in [5, 5.41) is 0. The van der Waals surface area contributed by atoms with Crippen LogP contribution in [0, 0.1) is 0 Å². The molecule has 25 heavy (non-hydrogen) atoms. The quantitative estimate of drug-likeness (QED) is 0.671. The molecule has 0 bridgehead atoms. The van der Waals surface area contributed by atoms with Crippen LogP contribution in [-0.2, 0) is 6.18 Å². The van der Waals surface area contributed by atoms with Crippen molar-refractivity contribution in [2.24, 2.45) is 0 Å². The Labute approximate surface area is 147 Å². The topological polar surface area (TPSA) is 20.3 Å². The summed E-state index contributed by atoms with van der Waals surface area (Å²) in [5.41, 5.74) is -0.997. The molecule has 0 radical (unpaired) electrons. The normalized spacial score (nSPS) is 20.4. The average Bonchev–Trinajstić information content (AvgIpc) is 2.63. The van der Waals surface area contributed by atoms with E-state index in [1.54, 1.807) is 0 Å². The minimum Gasteiger partial charge on any atom is -0.333 e. The molecule has 0 spiro atoms. The van der Waals surface area contributed by atoms with Gasteiger partial charge in [-0.3, -0.25) is 4.79 Å². The minimum atomic E-state index is -4.50. The Bertz CT molecular complexity index is 569. The van der Waals surface area contributed by atoms with Crippen molar-refractivity contribution in [3.05, 3.63) is 35.4 Å². The van der Waals surface area contributed by atoms with E-state index in [2.05, 4.69) is 0 Å². The molecule has 5 heteroatoms. The van der Waals surface area contributed by atoms with Crippen molar-refractivity contribution >= 4 is 5.91 Å². The van der Waals surface area contributed by atoms with Gasteiger partial charge < -0.3 is 4.90 Å². The third kappa shape index (κ3) is 4.18. The zero-order valence-electron chi connectivity index (χ0n) is 14.5. The lowest BCUT2D eigenvalue weighted by Crippen LogP contribution is -2.49. The Kier molecular flexibility index (Phi) is 5.70. The van der Waals surface area contributed by atoms with Gasteiger partial charge in [0.25, 0.3) is 5.91 Å². The lowest BCUT2D eigenvalue weighted by Gasteiger charge is -2.42. The summed E-state index contributed by atoms with van der Waals surface area (Å²) in [4.78, 5) is 15.1. The maximum Gasteiger partial charge on any atom is 0.417 e. The fraction of sp³-hybridized carbons (Fsp3) is 0.650. The number of halogens is 3. The van der Waals surface area contributed by atoms with Crippen LogP contribution in [0.3, 0.4) is 0 Å². The second-order valence-electron chi connectivity index (χ2n) is 7.34. The van der Waals surface area contributed by atoms with E-state index in [1.807, 2.05) is 4.90 Å². The van der Waals surface area contributed by atoms with E-state index >= 15 is 0 Å². The highest BCUT2D eigenvalue weighted by molar-refractivity contribution is 5.96. The third-order valence-electron chi connectivity index (χ3n) is 5.63. The second kappa shape index (κ2) is 7.79. The number of carbonyl (C=O) groups is 1. The van der Waals surface area contributed by atoms with Crippen LogP contribution in [0.2, 0.25) is 0 Å². The van der Waals surface area contributed by atoms with Crippen molar-refractivity contribution < 1.29 is 18.0 Å². The molecule has 0 atom stereocenters. The molecule has 2 aliphatic rings. The van der Waals surface area contributed by atoms with E-state index < -0.39 is 17.6 Å². The van der Waals surface area contributed by atoms with Crippen molar-refractivity contribution in [2.45, 2.75) is 82.5 Å². The summed E-state index contributed by atoms with van der Waals surface area (Å²) in [6.07, 6.45) is 5.69. The van der Waals surface area contributed by atoms with Crippen LogP contribution in [0.1, 0.15) is 80.1 Å². The monoisotopic (exact) mass is 353 g/mol. The Morgan fingerprint density at radius 3 is 1.80 bits per heavy atom. The van der Waals surface area contributed by atoms with E-state index in [0.717, 1.165) is 70.3 Å². The molecular weight excluding hydrogens is 327 g/mol. The van der Waals surface area contributed by atoms with Gasteiger partial charge >= 0.3 is 6.18 Å². The molecule has 0 saturated heterocycles. The van der Waals surface area contributed by atoms with Crippen molar-refractivity contribution in [3.8, 4) is 0 Å². The van der Waals surface area contributed by atoms with Crippen LogP contribution < -0.4 is 0 Å². The van der Waals surface area contributed by atoms with Crippen LogP contribution in [0.4, 0.5) is 13.2 Å². The fourth-order valence-electron chi connectivity index (χ4n) is 4.40. The van der Waals surface area contributed by atoms with Crippen molar-refractivity contribution in [1.82, 2.24) is 4.90 Å². The molecule has 0 aliphatic heterocycles. The minimum absolute atomic E-state index is 0.0886. The molecule has 2 aliphatic carbocycles. The first-order chi connectivity index (χ1) is 12.0. The molecule has 1 amide bonds. The first-order valence-corrected chi connectivity index (χ1v) is 9.47. The highest BCUT2D eigenvalue weighted by Crippen LogP contribution is 2.36. The van der Waals surface area contributed by atoms with Gasteiger partial charge in [-0.05, 0) is 37.8 Å². The van der Waals surface area contributed by atoms with Gasteiger partial charge in [0.2, 0.25) is 0 Å². The maximum atomic E-state index is 13.4. The SMILES string of the molecule is O=C(c1ccccc1C(F)(F)F)N(C1CCCCC1)C1CCCCC1. The molecule has 2 saturated carbocycles. The molecule has 1 aromatic carbocycles. The van der Waals surface area contributed by atoms with E-state index in [9.17, 15) is 18.0 Å². The number of rotatable bonds is 3. The molecule has 2 nitrogen and oxygen atoms in total. The van der Waals surface area contributed by atoms with Crippen molar-refractivity contribution in [3.63, 3.8) is 0 Å². The number of nitrogens with zero attached hydrogens (tertiary/aromatic N) is 1. The van der Waals surface area contributed by atoms with Gasteiger partial charge in [0, 0.05) is 12.1 Å². The third-order valence-corrected chi connectivity index (χ3v) is 5.63. The highest BCUT2D eigenvalue weighted by Gasteiger charge is 2.39. The second-order valence-corrected chi connectivity index (χ2v) is 7.34. The lowest BCUT2D eigenvalue weighted by molar-refractivity contribution is -0.138. The molecule has 3 rings (SSSR count). The number of benzene rings is 1. The van der Waals surface area contributed by atoms with Gasteiger partial charge in [-0.25, -0.2) is 0 Å². The summed E-state index contributed by atoms with van der Waals surface area (Å²) < 4.78 is 40.2. The van der Waals surface area contributed by atoms with E-state index in [0.29, 0.717) is 0 Å². The molecule has 0 aromatic heterocycles. The van der Waals surface area contributed by atoms with Crippen LogP contribution in [0.15, 0.2) is 24.3 Å². The Hall–Kier alpha value is -1.52. The zero-order chi connectivity index (χ0) is 17.9. The Morgan fingerprint density at radius 2 is 1.32 bits per heavy atom. The molecule has 0 N–H and O–H groups in total. The number of amides is 1. The molecule has 0 unspecified atom stereocenters. The lowest BCUT2D eigenvalue weighted by atomic mass is 9.87. The van der Waals surface area contributed by atoms with Gasteiger partial charge in [0.05, 0.1) is 11.1 Å². The van der Waals surface area contributed by atoms with E-state index in [4.69, 9.17) is 0 Å². The van der Waals surface area contributed by atoms with Crippen LogP contribution in [-0.4, -0.2) is 22.9 Å². The smallest absolute Gasteiger partial charge is 0.333 e. The van der Waals surface area contributed by atoms with E-state index in [-0.39, 0.29) is 17.6 Å². The van der Waals surface area contributed by atoms with Crippen molar-refractivity contribution in [2.75, 3.05) is 0 Å². The number of hydrogen-bond acceptors (Lipinski definition) is 1. The number of hydrogen-bond donors (Lipinski definition) is 0. The Morgan fingerprint density at radius 1 is 0.840 bits per heavy atom. The van der Waals surface area contributed by atoms with Gasteiger partial charge in [0.1, 0.15) is 0 Å².